The average Bonchev–Trinajstić information content (AvgIpc) is 2.74. The van der Waals surface area contributed by atoms with E-state index in [2.05, 4.69) is 5.32 Å². The smallest absolute Gasteiger partial charge is 0.338 e. The third kappa shape index (κ3) is 6.26. The van der Waals surface area contributed by atoms with E-state index < -0.39 is 27.8 Å². The van der Waals surface area contributed by atoms with Crippen LogP contribution in [-0.2, 0) is 25.1 Å². The molecule has 0 saturated heterocycles. The quantitative estimate of drug-likeness (QED) is 0.563. The highest BCUT2D eigenvalue weighted by Gasteiger charge is 2.20. The fourth-order valence-electron chi connectivity index (χ4n) is 3.02. The van der Waals surface area contributed by atoms with Gasteiger partial charge in [-0.05, 0) is 36.2 Å². The van der Waals surface area contributed by atoms with Gasteiger partial charge in [-0.25, -0.2) is 13.2 Å². The van der Waals surface area contributed by atoms with E-state index >= 15 is 0 Å². The van der Waals surface area contributed by atoms with E-state index in [-0.39, 0.29) is 11.3 Å². The van der Waals surface area contributed by atoms with Crippen LogP contribution in [0.15, 0.2) is 78.9 Å². The number of carbonyl (C=O) groups excluding carboxylic acids is 2. The van der Waals surface area contributed by atoms with Gasteiger partial charge < -0.3 is 10.1 Å². The van der Waals surface area contributed by atoms with Crippen molar-refractivity contribution in [3.8, 4) is 11.1 Å². The summed E-state index contributed by atoms with van der Waals surface area (Å²) < 4.78 is 28.0. The molecular weight excluding hydrogens is 414 g/mol. The third-order valence-electron chi connectivity index (χ3n) is 4.54. The van der Waals surface area contributed by atoms with Crippen LogP contribution in [0.1, 0.15) is 22.8 Å². The van der Waals surface area contributed by atoms with Gasteiger partial charge in [-0.15, -0.1) is 0 Å². The van der Waals surface area contributed by atoms with Gasteiger partial charge in [-0.3, -0.25) is 4.79 Å². The van der Waals surface area contributed by atoms with Gasteiger partial charge in [0.15, 0.2) is 15.9 Å². The van der Waals surface area contributed by atoms with Crippen molar-refractivity contribution in [1.29, 1.82) is 0 Å². The van der Waals surface area contributed by atoms with E-state index in [1.807, 2.05) is 48.5 Å². The number of benzene rings is 3. The molecule has 1 atom stereocenters. The molecule has 1 N–H and O–H groups in total. The van der Waals surface area contributed by atoms with E-state index in [1.165, 1.54) is 19.1 Å². The number of anilines is 1. The molecular formula is C24H23NO5S. The second-order valence-electron chi connectivity index (χ2n) is 7.22. The summed E-state index contributed by atoms with van der Waals surface area (Å²) in [7, 11) is -3.16. The first-order valence-electron chi connectivity index (χ1n) is 9.66. The van der Waals surface area contributed by atoms with E-state index in [1.54, 1.807) is 18.2 Å². The molecule has 0 aliphatic carbocycles. The van der Waals surface area contributed by atoms with Crippen molar-refractivity contribution in [2.75, 3.05) is 11.6 Å². The highest BCUT2D eigenvalue weighted by molar-refractivity contribution is 7.89. The van der Waals surface area contributed by atoms with E-state index in [0.29, 0.717) is 11.3 Å². The van der Waals surface area contributed by atoms with Crippen molar-refractivity contribution >= 4 is 27.4 Å². The van der Waals surface area contributed by atoms with Gasteiger partial charge in [0.25, 0.3) is 5.91 Å². The van der Waals surface area contributed by atoms with Crippen molar-refractivity contribution in [2.24, 2.45) is 0 Å². The topological polar surface area (TPSA) is 89.5 Å². The summed E-state index contributed by atoms with van der Waals surface area (Å²) in [5, 5.41) is 2.82. The maximum Gasteiger partial charge on any atom is 0.338 e. The van der Waals surface area contributed by atoms with Crippen LogP contribution in [0.25, 0.3) is 11.1 Å². The van der Waals surface area contributed by atoms with Crippen molar-refractivity contribution in [3.63, 3.8) is 0 Å². The number of ether oxygens (including phenoxy) is 1. The summed E-state index contributed by atoms with van der Waals surface area (Å²) in [6.45, 7) is 1.50. The highest BCUT2D eigenvalue weighted by atomic mass is 32.2. The lowest BCUT2D eigenvalue weighted by atomic mass is 10.0. The summed E-state index contributed by atoms with van der Waals surface area (Å²) in [4.78, 5) is 25.0. The number of para-hydroxylation sites is 1. The van der Waals surface area contributed by atoms with Gasteiger partial charge in [0.2, 0.25) is 0 Å². The predicted molar refractivity (Wildman–Crippen MR) is 120 cm³/mol. The van der Waals surface area contributed by atoms with Crippen LogP contribution in [-0.4, -0.2) is 32.7 Å². The molecule has 3 aromatic rings. The standard InChI is InChI=1S/C24H23NO5S/c1-17(30-24(27)20-14-12-18(13-15-20)16-31(2,28)29)23(26)25-22-11-7-6-10-21(22)19-8-4-3-5-9-19/h3-15,17H,16H2,1-2H3,(H,25,26). The molecule has 7 heteroatoms. The number of esters is 1. The number of amides is 1. The third-order valence-corrected chi connectivity index (χ3v) is 5.40. The molecule has 6 nitrogen and oxygen atoms in total. The molecule has 0 radical (unpaired) electrons. The summed E-state index contributed by atoms with van der Waals surface area (Å²) in [6, 6.07) is 23.1. The van der Waals surface area contributed by atoms with Crippen LogP contribution in [0.3, 0.4) is 0 Å². The summed E-state index contributed by atoms with van der Waals surface area (Å²) in [5.41, 5.74) is 3.24. The minimum Gasteiger partial charge on any atom is -0.449 e. The number of hydrogen-bond donors (Lipinski definition) is 1. The Morgan fingerprint density at radius 2 is 1.52 bits per heavy atom. The SMILES string of the molecule is CC(OC(=O)c1ccc(CS(C)(=O)=O)cc1)C(=O)Nc1ccccc1-c1ccccc1. The number of carbonyl (C=O) groups is 2. The van der Waals surface area contributed by atoms with Crippen LogP contribution in [0, 0.1) is 0 Å². The molecule has 0 aromatic heterocycles. The Labute approximate surface area is 181 Å². The molecule has 160 valence electrons. The van der Waals surface area contributed by atoms with Crippen LogP contribution < -0.4 is 5.32 Å². The molecule has 0 heterocycles. The first-order valence-corrected chi connectivity index (χ1v) is 11.7. The van der Waals surface area contributed by atoms with Crippen LogP contribution in [0.2, 0.25) is 0 Å². The van der Waals surface area contributed by atoms with E-state index in [0.717, 1.165) is 17.4 Å². The van der Waals surface area contributed by atoms with Crippen LogP contribution >= 0.6 is 0 Å². The van der Waals surface area contributed by atoms with Gasteiger partial charge in [-0.1, -0.05) is 60.7 Å². The highest BCUT2D eigenvalue weighted by Crippen LogP contribution is 2.27. The molecule has 3 rings (SSSR count). The second-order valence-corrected chi connectivity index (χ2v) is 9.36. The Hall–Kier alpha value is -3.45. The van der Waals surface area contributed by atoms with Crippen molar-refractivity contribution in [3.05, 3.63) is 90.0 Å². The fraction of sp³-hybridized carbons (Fsp3) is 0.167. The first kappa shape index (κ1) is 22.2. The Balaban J connectivity index is 1.66. The van der Waals surface area contributed by atoms with Crippen molar-refractivity contribution in [1.82, 2.24) is 0 Å². The van der Waals surface area contributed by atoms with E-state index in [9.17, 15) is 18.0 Å². The number of nitrogens with one attached hydrogen (secondary N) is 1. The minimum absolute atomic E-state index is 0.109. The molecule has 1 unspecified atom stereocenters. The molecule has 3 aromatic carbocycles. The summed E-state index contributed by atoms with van der Waals surface area (Å²) in [6.07, 6.45) is 0.123. The zero-order valence-electron chi connectivity index (χ0n) is 17.2. The average molecular weight is 438 g/mol. The number of sulfone groups is 1. The maximum atomic E-state index is 12.6. The Kier molecular flexibility index (Phi) is 6.87. The minimum atomic E-state index is -3.16. The molecule has 0 aliphatic heterocycles. The molecule has 1 amide bonds. The predicted octanol–water partition coefficient (Wildman–Crippen LogP) is 4.08. The fourth-order valence-corrected chi connectivity index (χ4v) is 3.82. The van der Waals surface area contributed by atoms with E-state index in [4.69, 9.17) is 4.74 Å². The molecule has 0 aliphatic rings. The lowest BCUT2D eigenvalue weighted by molar-refractivity contribution is -0.123. The molecule has 0 fully saturated rings. The molecule has 31 heavy (non-hydrogen) atoms. The van der Waals surface area contributed by atoms with Gasteiger partial charge in [0.05, 0.1) is 11.3 Å². The Morgan fingerprint density at radius 1 is 0.903 bits per heavy atom. The zero-order valence-corrected chi connectivity index (χ0v) is 18.1. The van der Waals surface area contributed by atoms with Gasteiger partial charge in [0, 0.05) is 17.5 Å². The zero-order chi connectivity index (χ0) is 22.4. The number of hydrogen-bond acceptors (Lipinski definition) is 5. The summed E-state index contributed by atoms with van der Waals surface area (Å²) >= 11 is 0. The van der Waals surface area contributed by atoms with Crippen molar-refractivity contribution in [2.45, 2.75) is 18.8 Å². The maximum absolute atomic E-state index is 12.6. The largest absolute Gasteiger partial charge is 0.449 e. The molecule has 0 saturated carbocycles. The van der Waals surface area contributed by atoms with Gasteiger partial charge in [0.1, 0.15) is 0 Å². The Morgan fingerprint density at radius 3 is 2.16 bits per heavy atom. The van der Waals surface area contributed by atoms with Crippen molar-refractivity contribution < 1.29 is 22.7 Å². The second kappa shape index (κ2) is 9.57. The Bertz CT molecular complexity index is 1170. The molecule has 0 spiro atoms. The lowest BCUT2D eigenvalue weighted by Gasteiger charge is -2.16. The van der Waals surface area contributed by atoms with Crippen LogP contribution in [0.4, 0.5) is 5.69 Å². The summed E-state index contributed by atoms with van der Waals surface area (Å²) in [5.74, 6) is -1.22. The monoisotopic (exact) mass is 437 g/mol. The van der Waals surface area contributed by atoms with Gasteiger partial charge >= 0.3 is 5.97 Å². The van der Waals surface area contributed by atoms with Crippen LogP contribution in [0.5, 0.6) is 0 Å². The first-order chi connectivity index (χ1) is 14.7. The van der Waals surface area contributed by atoms with Gasteiger partial charge in [-0.2, -0.15) is 0 Å². The lowest BCUT2D eigenvalue weighted by Crippen LogP contribution is -2.30. The normalized spacial score (nSPS) is 12.1. The number of rotatable bonds is 7. The molecule has 0 bridgehead atoms.